The summed E-state index contributed by atoms with van der Waals surface area (Å²) in [5.74, 6) is -0.212. The second-order valence-electron chi connectivity index (χ2n) is 6.05. The van der Waals surface area contributed by atoms with E-state index in [1.54, 1.807) is 24.0 Å². The Morgan fingerprint density at radius 1 is 1.33 bits per heavy atom. The van der Waals surface area contributed by atoms with Gasteiger partial charge < -0.3 is 14.6 Å². The predicted octanol–water partition coefficient (Wildman–Crippen LogP) is 2.44. The highest BCUT2D eigenvalue weighted by Crippen LogP contribution is 2.23. The second kappa shape index (κ2) is 6.47. The van der Waals surface area contributed by atoms with Crippen LogP contribution < -0.4 is 10.9 Å². The van der Waals surface area contributed by atoms with Gasteiger partial charge in [-0.2, -0.15) is 0 Å². The Bertz CT molecular complexity index is 856. The summed E-state index contributed by atoms with van der Waals surface area (Å²) < 4.78 is 5.20. The summed E-state index contributed by atoms with van der Waals surface area (Å²) in [6.45, 7) is 4.25. The quantitative estimate of drug-likeness (QED) is 0.878. The largest absolute Gasteiger partial charge is 0.423 e. The van der Waals surface area contributed by atoms with Crippen molar-refractivity contribution in [3.63, 3.8) is 0 Å². The molecule has 1 atom stereocenters. The molecular weight excluding hydrogens is 308 g/mol. The minimum atomic E-state index is -0.433. The van der Waals surface area contributed by atoms with Crippen molar-refractivity contribution in [1.82, 2.24) is 4.90 Å². The molecule has 126 valence electrons. The number of anilines is 1. The molecule has 6 heteroatoms. The minimum Gasteiger partial charge on any atom is -0.423 e. The molecule has 3 rings (SSSR count). The van der Waals surface area contributed by atoms with E-state index in [4.69, 9.17) is 4.42 Å². The molecule has 2 aromatic rings. The number of fused-ring (bicyclic) bond motifs is 1. The van der Waals surface area contributed by atoms with Gasteiger partial charge in [0.2, 0.25) is 11.8 Å². The third kappa shape index (κ3) is 3.04. The number of nitrogens with one attached hydrogen (secondary N) is 1. The summed E-state index contributed by atoms with van der Waals surface area (Å²) in [5.41, 5.74) is 1.40. The maximum atomic E-state index is 12.5. The third-order valence-corrected chi connectivity index (χ3v) is 4.40. The highest BCUT2D eigenvalue weighted by molar-refractivity contribution is 5.98. The van der Waals surface area contributed by atoms with Crippen LogP contribution in [0.4, 0.5) is 5.69 Å². The van der Waals surface area contributed by atoms with Gasteiger partial charge >= 0.3 is 5.63 Å². The summed E-state index contributed by atoms with van der Waals surface area (Å²) in [5, 5.41) is 3.66. The second-order valence-corrected chi connectivity index (χ2v) is 6.05. The lowest BCUT2D eigenvalue weighted by Gasteiger charge is -2.23. The third-order valence-electron chi connectivity index (χ3n) is 4.40. The number of nitrogens with zero attached hydrogens (tertiary/aromatic N) is 1. The number of carbonyl (C=O) groups excluding carboxylic acids is 2. The number of carbonyl (C=O) groups is 2. The van der Waals surface area contributed by atoms with Crippen molar-refractivity contribution < 1.29 is 14.0 Å². The van der Waals surface area contributed by atoms with Gasteiger partial charge in [0.25, 0.3) is 0 Å². The zero-order chi connectivity index (χ0) is 17.3. The van der Waals surface area contributed by atoms with E-state index in [-0.39, 0.29) is 11.8 Å². The number of rotatable bonds is 3. The lowest BCUT2D eigenvalue weighted by Crippen LogP contribution is -2.42. The average Bonchev–Trinajstić information content (AvgIpc) is 3.03. The number of hydrogen-bond donors (Lipinski definition) is 1. The van der Waals surface area contributed by atoms with Crippen LogP contribution in [0.1, 0.15) is 31.7 Å². The monoisotopic (exact) mass is 328 g/mol. The first kappa shape index (κ1) is 16.2. The number of hydrogen-bond acceptors (Lipinski definition) is 4. The Morgan fingerprint density at radius 2 is 2.12 bits per heavy atom. The van der Waals surface area contributed by atoms with Crippen LogP contribution in [0.3, 0.4) is 0 Å². The minimum absolute atomic E-state index is 0.00668. The smallest absolute Gasteiger partial charge is 0.336 e. The molecule has 0 radical (unpaired) electrons. The van der Waals surface area contributed by atoms with E-state index < -0.39 is 11.7 Å². The Kier molecular flexibility index (Phi) is 4.38. The molecule has 1 aromatic heterocycles. The van der Waals surface area contributed by atoms with Crippen molar-refractivity contribution in [3.05, 3.63) is 40.2 Å². The zero-order valence-corrected chi connectivity index (χ0v) is 13.8. The average molecular weight is 328 g/mol. The molecule has 2 heterocycles. The summed E-state index contributed by atoms with van der Waals surface area (Å²) in [7, 11) is 0. The van der Waals surface area contributed by atoms with Crippen molar-refractivity contribution in [2.24, 2.45) is 0 Å². The molecule has 2 amide bonds. The van der Waals surface area contributed by atoms with Crippen LogP contribution in [0.25, 0.3) is 11.0 Å². The van der Waals surface area contributed by atoms with Gasteiger partial charge in [0.15, 0.2) is 0 Å². The fraction of sp³-hybridized carbons (Fsp3) is 0.389. The molecule has 0 saturated carbocycles. The Labute approximate surface area is 139 Å². The van der Waals surface area contributed by atoms with E-state index >= 15 is 0 Å². The zero-order valence-electron chi connectivity index (χ0n) is 13.8. The molecule has 0 spiro atoms. The predicted molar refractivity (Wildman–Crippen MR) is 90.9 cm³/mol. The molecule has 1 aromatic carbocycles. The summed E-state index contributed by atoms with van der Waals surface area (Å²) >= 11 is 0. The van der Waals surface area contributed by atoms with E-state index in [1.807, 2.05) is 13.0 Å². The molecule has 1 aliphatic heterocycles. The first-order chi connectivity index (χ1) is 11.5. The molecule has 1 N–H and O–H groups in total. The molecular formula is C18H20N2O4. The van der Waals surface area contributed by atoms with Crippen LogP contribution in [-0.2, 0) is 9.59 Å². The highest BCUT2D eigenvalue weighted by atomic mass is 16.4. The first-order valence-corrected chi connectivity index (χ1v) is 8.14. The normalized spacial score (nSPS) is 17.2. The fourth-order valence-electron chi connectivity index (χ4n) is 3.17. The summed E-state index contributed by atoms with van der Waals surface area (Å²) in [6.07, 6.45) is 1.89. The van der Waals surface area contributed by atoms with Crippen LogP contribution >= 0.6 is 0 Å². The lowest BCUT2D eigenvalue weighted by molar-refractivity contribution is -0.136. The van der Waals surface area contributed by atoms with Crippen molar-refractivity contribution in [2.75, 3.05) is 11.9 Å². The number of aryl methyl sites for hydroxylation is 1. The van der Waals surface area contributed by atoms with Crippen LogP contribution in [-0.4, -0.2) is 29.3 Å². The van der Waals surface area contributed by atoms with Gasteiger partial charge in [-0.3, -0.25) is 9.59 Å². The van der Waals surface area contributed by atoms with Crippen LogP contribution in [0.15, 0.2) is 33.5 Å². The van der Waals surface area contributed by atoms with Crippen LogP contribution in [0.2, 0.25) is 0 Å². The van der Waals surface area contributed by atoms with Gasteiger partial charge in [0.1, 0.15) is 11.6 Å². The van der Waals surface area contributed by atoms with E-state index in [9.17, 15) is 14.4 Å². The van der Waals surface area contributed by atoms with Crippen LogP contribution in [0.5, 0.6) is 0 Å². The first-order valence-electron chi connectivity index (χ1n) is 8.14. The van der Waals surface area contributed by atoms with Gasteiger partial charge in [0.05, 0.1) is 0 Å². The SMILES string of the molecule is CCC(=O)N1CCC[C@H]1C(=O)Nc1ccc2c(C)cc(=O)oc2c1. The van der Waals surface area contributed by atoms with Crippen molar-refractivity contribution in [2.45, 2.75) is 39.2 Å². The molecule has 0 unspecified atom stereocenters. The lowest BCUT2D eigenvalue weighted by atomic mass is 10.1. The molecule has 6 nitrogen and oxygen atoms in total. The molecule has 1 aliphatic rings. The van der Waals surface area contributed by atoms with E-state index in [0.29, 0.717) is 30.7 Å². The summed E-state index contributed by atoms with van der Waals surface area (Å²) in [4.78, 5) is 37.6. The van der Waals surface area contributed by atoms with E-state index in [0.717, 1.165) is 17.4 Å². The maximum absolute atomic E-state index is 12.5. The van der Waals surface area contributed by atoms with Gasteiger partial charge in [-0.05, 0) is 37.5 Å². The fourth-order valence-corrected chi connectivity index (χ4v) is 3.17. The number of amides is 2. The van der Waals surface area contributed by atoms with Crippen molar-refractivity contribution >= 4 is 28.5 Å². The van der Waals surface area contributed by atoms with Gasteiger partial charge in [0, 0.05) is 36.2 Å². The topological polar surface area (TPSA) is 79.6 Å². The molecule has 1 fully saturated rings. The highest BCUT2D eigenvalue weighted by Gasteiger charge is 2.33. The van der Waals surface area contributed by atoms with Crippen molar-refractivity contribution in [1.29, 1.82) is 0 Å². The van der Waals surface area contributed by atoms with Crippen molar-refractivity contribution in [3.8, 4) is 0 Å². The summed E-state index contributed by atoms with van der Waals surface area (Å²) in [6, 6.07) is 6.23. The molecule has 1 saturated heterocycles. The standard InChI is InChI=1S/C18H20N2O4/c1-3-16(21)20-8-4-5-14(20)18(23)19-12-6-7-13-11(2)9-17(22)24-15(13)10-12/h6-7,9-10,14H,3-5,8H2,1-2H3,(H,19,23)/t14-/m0/s1. The molecule has 24 heavy (non-hydrogen) atoms. The Balaban J connectivity index is 1.83. The maximum Gasteiger partial charge on any atom is 0.336 e. The number of benzene rings is 1. The van der Waals surface area contributed by atoms with Gasteiger partial charge in [-0.15, -0.1) is 0 Å². The van der Waals surface area contributed by atoms with E-state index in [1.165, 1.54) is 6.07 Å². The van der Waals surface area contributed by atoms with Gasteiger partial charge in [-0.1, -0.05) is 6.92 Å². The number of likely N-dealkylation sites (tertiary alicyclic amines) is 1. The molecule has 0 aliphatic carbocycles. The molecule has 0 bridgehead atoms. The van der Waals surface area contributed by atoms with Gasteiger partial charge in [-0.25, -0.2) is 4.79 Å². The Morgan fingerprint density at radius 3 is 2.88 bits per heavy atom. The Hall–Kier alpha value is -2.63. The van der Waals surface area contributed by atoms with Crippen LogP contribution in [0, 0.1) is 6.92 Å². The van der Waals surface area contributed by atoms with E-state index in [2.05, 4.69) is 5.32 Å².